The molecule has 1 heterocycles. The summed E-state index contributed by atoms with van der Waals surface area (Å²) in [7, 11) is -3.95. The van der Waals surface area contributed by atoms with Crippen LogP contribution in [0.4, 0.5) is 14.5 Å². The van der Waals surface area contributed by atoms with Gasteiger partial charge in [-0.05, 0) is 49.4 Å². The Morgan fingerprint density at radius 3 is 2.67 bits per heavy atom. The van der Waals surface area contributed by atoms with Crippen LogP contribution >= 0.6 is 22.9 Å². The Kier molecular flexibility index (Phi) is 5.83. The van der Waals surface area contributed by atoms with Crippen LogP contribution in [0.2, 0.25) is 5.02 Å². The Bertz CT molecular complexity index is 1180. The zero-order valence-corrected chi connectivity index (χ0v) is 18.4. The molecular weight excluding hydrogens is 450 g/mol. The standard InChI is InChI=1S/C21H19ClF2N2O2S2/c1-12(16-6-14(13-2-3-13)4-5-18(16)23)26-20-8-19(24)21(7-17(20)22)30(27,28)10-15-9-29-11-25-15/h4-9,11-13,26H,2-3,10H2,1H3/t12-/m0/s1. The number of aromatic nitrogens is 1. The average molecular weight is 469 g/mol. The van der Waals surface area contributed by atoms with E-state index in [1.807, 2.05) is 6.07 Å². The number of rotatable bonds is 7. The van der Waals surface area contributed by atoms with Crippen LogP contribution in [0.15, 0.2) is 46.1 Å². The normalized spacial score (nSPS) is 15.2. The molecule has 1 saturated carbocycles. The third-order valence-corrected chi connectivity index (χ3v) is 7.69. The van der Waals surface area contributed by atoms with Gasteiger partial charge >= 0.3 is 0 Å². The lowest BCUT2D eigenvalue weighted by Gasteiger charge is -2.19. The third kappa shape index (κ3) is 4.50. The predicted octanol–water partition coefficient (Wildman–Crippen LogP) is 6.10. The van der Waals surface area contributed by atoms with Crippen molar-refractivity contribution in [2.24, 2.45) is 0 Å². The first-order valence-corrected chi connectivity index (χ1v) is 12.4. The molecule has 1 atom stereocenters. The van der Waals surface area contributed by atoms with Gasteiger partial charge in [-0.1, -0.05) is 23.7 Å². The fourth-order valence-corrected chi connectivity index (χ4v) is 5.64. The fourth-order valence-electron chi connectivity index (χ4n) is 3.33. The minimum absolute atomic E-state index is 0.0406. The van der Waals surface area contributed by atoms with E-state index in [4.69, 9.17) is 11.6 Å². The van der Waals surface area contributed by atoms with Gasteiger partial charge < -0.3 is 5.32 Å². The van der Waals surface area contributed by atoms with Crippen molar-refractivity contribution in [1.29, 1.82) is 0 Å². The van der Waals surface area contributed by atoms with Gasteiger partial charge in [0.2, 0.25) is 0 Å². The third-order valence-electron chi connectivity index (χ3n) is 5.09. The molecule has 1 aliphatic rings. The highest BCUT2D eigenvalue weighted by molar-refractivity contribution is 7.90. The molecule has 1 fully saturated rings. The van der Waals surface area contributed by atoms with E-state index in [1.54, 1.807) is 18.4 Å². The Balaban J connectivity index is 1.58. The Labute approximate surface area is 182 Å². The molecule has 0 aliphatic heterocycles. The van der Waals surface area contributed by atoms with Gasteiger partial charge in [-0.25, -0.2) is 22.2 Å². The number of hydrogen-bond acceptors (Lipinski definition) is 5. The molecule has 0 unspecified atom stereocenters. The summed E-state index contributed by atoms with van der Waals surface area (Å²) >= 11 is 7.51. The second kappa shape index (κ2) is 8.24. The van der Waals surface area contributed by atoms with Crippen molar-refractivity contribution in [2.75, 3.05) is 5.32 Å². The lowest BCUT2D eigenvalue weighted by Crippen LogP contribution is -2.12. The fraction of sp³-hybridized carbons (Fsp3) is 0.286. The first kappa shape index (κ1) is 21.2. The van der Waals surface area contributed by atoms with Crippen LogP contribution in [0.3, 0.4) is 0 Å². The number of nitrogens with zero attached hydrogens (tertiary/aromatic N) is 1. The van der Waals surface area contributed by atoms with Crippen molar-refractivity contribution >= 4 is 38.5 Å². The van der Waals surface area contributed by atoms with Gasteiger partial charge in [0.25, 0.3) is 0 Å². The van der Waals surface area contributed by atoms with Crippen LogP contribution in [-0.2, 0) is 15.6 Å². The SMILES string of the molecule is C[C@H](Nc1cc(F)c(S(=O)(=O)Cc2cscn2)cc1Cl)c1cc(C2CC2)ccc1F. The molecule has 0 saturated heterocycles. The topological polar surface area (TPSA) is 59.1 Å². The van der Waals surface area contributed by atoms with E-state index in [1.165, 1.54) is 22.9 Å². The number of benzene rings is 2. The molecule has 1 N–H and O–H groups in total. The van der Waals surface area contributed by atoms with Crippen molar-refractivity contribution < 1.29 is 17.2 Å². The lowest BCUT2D eigenvalue weighted by atomic mass is 10.0. The average Bonchev–Trinajstić information content (AvgIpc) is 3.42. The number of sulfone groups is 1. The number of nitrogens with one attached hydrogen (secondary N) is 1. The summed E-state index contributed by atoms with van der Waals surface area (Å²) in [5.74, 6) is -1.22. The molecule has 30 heavy (non-hydrogen) atoms. The van der Waals surface area contributed by atoms with Crippen LogP contribution in [0, 0.1) is 11.6 Å². The van der Waals surface area contributed by atoms with Gasteiger partial charge in [-0.15, -0.1) is 11.3 Å². The maximum Gasteiger partial charge on any atom is 0.187 e. The molecule has 9 heteroatoms. The number of thiazole rings is 1. The van der Waals surface area contributed by atoms with E-state index in [-0.39, 0.29) is 16.5 Å². The second-order valence-corrected chi connectivity index (χ2v) is 10.5. The van der Waals surface area contributed by atoms with Crippen LogP contribution in [0.5, 0.6) is 0 Å². The number of halogens is 3. The molecule has 0 bridgehead atoms. The summed E-state index contributed by atoms with van der Waals surface area (Å²) in [4.78, 5) is 3.45. The van der Waals surface area contributed by atoms with E-state index in [0.29, 0.717) is 17.2 Å². The molecule has 1 aliphatic carbocycles. The molecule has 1 aromatic heterocycles. The monoisotopic (exact) mass is 468 g/mol. The molecule has 158 valence electrons. The van der Waals surface area contributed by atoms with Crippen molar-refractivity contribution in [3.05, 3.63) is 74.7 Å². The lowest BCUT2D eigenvalue weighted by molar-refractivity contribution is 0.566. The molecular formula is C21H19ClF2N2O2S2. The summed E-state index contributed by atoms with van der Waals surface area (Å²) in [6, 6.07) is 6.69. The van der Waals surface area contributed by atoms with E-state index in [2.05, 4.69) is 10.3 Å². The van der Waals surface area contributed by atoms with E-state index < -0.39 is 32.3 Å². The zero-order chi connectivity index (χ0) is 21.5. The minimum Gasteiger partial charge on any atom is -0.377 e. The van der Waals surface area contributed by atoms with Gasteiger partial charge in [-0.2, -0.15) is 0 Å². The Morgan fingerprint density at radius 2 is 2.00 bits per heavy atom. The summed E-state index contributed by atoms with van der Waals surface area (Å²) < 4.78 is 54.2. The highest BCUT2D eigenvalue weighted by Crippen LogP contribution is 2.41. The summed E-state index contributed by atoms with van der Waals surface area (Å²) in [5.41, 5.74) is 3.60. The summed E-state index contributed by atoms with van der Waals surface area (Å²) in [6.45, 7) is 1.75. The van der Waals surface area contributed by atoms with E-state index in [0.717, 1.165) is 30.5 Å². The Hall–Kier alpha value is -2.03. The molecule has 0 amide bonds. The van der Waals surface area contributed by atoms with Gasteiger partial charge in [0.15, 0.2) is 9.84 Å². The second-order valence-electron chi connectivity index (χ2n) is 7.42. The van der Waals surface area contributed by atoms with Gasteiger partial charge in [0.05, 0.1) is 33.7 Å². The Morgan fingerprint density at radius 1 is 1.23 bits per heavy atom. The summed E-state index contributed by atoms with van der Waals surface area (Å²) in [5, 5.41) is 4.64. The molecule has 2 aromatic carbocycles. The van der Waals surface area contributed by atoms with Crippen LogP contribution in [0.25, 0.3) is 0 Å². The smallest absolute Gasteiger partial charge is 0.187 e. The molecule has 4 nitrogen and oxygen atoms in total. The minimum atomic E-state index is -3.95. The van der Waals surface area contributed by atoms with Gasteiger partial charge in [-0.3, -0.25) is 0 Å². The van der Waals surface area contributed by atoms with Crippen molar-refractivity contribution in [3.8, 4) is 0 Å². The highest BCUT2D eigenvalue weighted by atomic mass is 35.5. The maximum absolute atomic E-state index is 14.7. The highest BCUT2D eigenvalue weighted by Gasteiger charge is 2.26. The zero-order valence-electron chi connectivity index (χ0n) is 16.0. The van der Waals surface area contributed by atoms with Crippen LogP contribution in [-0.4, -0.2) is 13.4 Å². The van der Waals surface area contributed by atoms with Crippen LogP contribution in [0.1, 0.15) is 48.5 Å². The molecule has 0 spiro atoms. The molecule has 3 aromatic rings. The largest absolute Gasteiger partial charge is 0.377 e. The number of anilines is 1. The predicted molar refractivity (Wildman–Crippen MR) is 115 cm³/mol. The molecule has 0 radical (unpaired) electrons. The first-order chi connectivity index (χ1) is 14.2. The van der Waals surface area contributed by atoms with E-state index in [9.17, 15) is 17.2 Å². The van der Waals surface area contributed by atoms with Gasteiger partial charge in [0.1, 0.15) is 16.5 Å². The number of hydrogen-bond donors (Lipinski definition) is 1. The van der Waals surface area contributed by atoms with Crippen LogP contribution < -0.4 is 5.32 Å². The summed E-state index contributed by atoms with van der Waals surface area (Å²) in [6.07, 6.45) is 2.20. The van der Waals surface area contributed by atoms with Gasteiger partial charge in [0, 0.05) is 10.9 Å². The quantitative estimate of drug-likeness (QED) is 0.455. The molecule has 4 rings (SSSR count). The maximum atomic E-state index is 14.7. The van der Waals surface area contributed by atoms with Crippen molar-refractivity contribution in [1.82, 2.24) is 4.98 Å². The van der Waals surface area contributed by atoms with E-state index >= 15 is 0 Å². The van der Waals surface area contributed by atoms with Crippen molar-refractivity contribution in [3.63, 3.8) is 0 Å². The first-order valence-electron chi connectivity index (χ1n) is 9.39. The van der Waals surface area contributed by atoms with Crippen molar-refractivity contribution in [2.45, 2.75) is 42.4 Å².